The first-order valence-corrected chi connectivity index (χ1v) is 6.70. The van der Waals surface area contributed by atoms with Gasteiger partial charge < -0.3 is 9.40 Å². The van der Waals surface area contributed by atoms with Crippen molar-refractivity contribution in [2.75, 3.05) is 0 Å². The molecule has 4 heteroatoms. The number of H-pyrrole nitrogens is 1. The van der Waals surface area contributed by atoms with Gasteiger partial charge in [-0.05, 0) is 31.3 Å². The van der Waals surface area contributed by atoms with Crippen molar-refractivity contribution in [2.24, 2.45) is 0 Å². The van der Waals surface area contributed by atoms with Gasteiger partial charge in [-0.1, -0.05) is 46.9 Å². The molecule has 0 saturated heterocycles. The van der Waals surface area contributed by atoms with Gasteiger partial charge in [0.2, 0.25) is 0 Å². The molecule has 3 nitrogen and oxygen atoms in total. The Kier molecular flexibility index (Phi) is 11.8. The minimum Gasteiger partial charge on any atom is -0.429 e. The van der Waals surface area contributed by atoms with Crippen LogP contribution in [0, 0.1) is 4.84 Å². The first kappa shape index (κ1) is 19.7. The molecule has 1 rings (SSSR count). The van der Waals surface area contributed by atoms with Crippen molar-refractivity contribution >= 4 is 30.2 Å². The number of rotatable bonds is 4. The molecule has 0 aliphatic rings. The number of hydrogen-bond donors (Lipinski definition) is 1. The Morgan fingerprint density at radius 3 is 2.16 bits per heavy atom. The van der Waals surface area contributed by atoms with Crippen LogP contribution in [0.1, 0.15) is 46.1 Å². The van der Waals surface area contributed by atoms with E-state index in [1.165, 1.54) is 19.1 Å². The summed E-state index contributed by atoms with van der Waals surface area (Å²) in [5, 5.41) is 0. The highest BCUT2D eigenvalue weighted by Gasteiger charge is 2.05. The van der Waals surface area contributed by atoms with Crippen LogP contribution >= 0.6 is 12.2 Å². The molecule has 0 aliphatic carbocycles. The summed E-state index contributed by atoms with van der Waals surface area (Å²) in [6.07, 6.45) is 4.64. The lowest BCUT2D eigenvalue weighted by atomic mass is 10.1. The Morgan fingerprint density at radius 1 is 1.26 bits per heavy atom. The van der Waals surface area contributed by atoms with E-state index in [0.717, 1.165) is 0 Å². The maximum Gasteiger partial charge on any atom is 0.266 e. The molecular formula is C15H23NO2S. The van der Waals surface area contributed by atoms with Gasteiger partial charge in [-0.2, -0.15) is 0 Å². The summed E-state index contributed by atoms with van der Waals surface area (Å²) < 4.78 is 5.14. The van der Waals surface area contributed by atoms with E-state index in [1.54, 1.807) is 6.08 Å². The molecule has 1 N–H and O–H groups in total. The predicted molar refractivity (Wildman–Crippen MR) is 85.5 cm³/mol. The molecule has 0 aliphatic heterocycles. The Morgan fingerprint density at radius 2 is 1.79 bits per heavy atom. The summed E-state index contributed by atoms with van der Waals surface area (Å²) in [7, 11) is 0. The van der Waals surface area contributed by atoms with Crippen molar-refractivity contribution < 1.29 is 9.21 Å². The fourth-order valence-electron chi connectivity index (χ4n) is 1.07. The molecule has 19 heavy (non-hydrogen) atoms. The van der Waals surface area contributed by atoms with Crippen LogP contribution in [0.4, 0.5) is 0 Å². The number of Topliss-reactive ketones (excluding diaryl/α,β-unsaturated/α-hetero) is 1. The highest BCUT2D eigenvalue weighted by atomic mass is 32.1. The van der Waals surface area contributed by atoms with Gasteiger partial charge in [0.1, 0.15) is 0 Å². The molecule has 106 valence electrons. The molecule has 1 aromatic heterocycles. The lowest BCUT2D eigenvalue weighted by Gasteiger charge is -1.94. The second-order valence-corrected chi connectivity index (χ2v) is 3.23. The number of ketones is 1. The Labute approximate surface area is 120 Å². The summed E-state index contributed by atoms with van der Waals surface area (Å²) >= 11 is 4.83. The van der Waals surface area contributed by atoms with Gasteiger partial charge in [0.05, 0.1) is 5.69 Å². The topological polar surface area (TPSA) is 46.0 Å². The third-order valence-electron chi connectivity index (χ3n) is 1.82. The largest absolute Gasteiger partial charge is 0.429 e. The third-order valence-corrected chi connectivity index (χ3v) is 2.00. The first-order chi connectivity index (χ1) is 9.08. The number of hydrogen-bond acceptors (Lipinski definition) is 3. The lowest BCUT2D eigenvalue weighted by molar-refractivity contribution is -0.113. The van der Waals surface area contributed by atoms with Crippen LogP contribution in [0.5, 0.6) is 0 Å². The van der Waals surface area contributed by atoms with Crippen LogP contribution in [0.15, 0.2) is 29.2 Å². The molecular weight excluding hydrogens is 258 g/mol. The van der Waals surface area contributed by atoms with E-state index in [-0.39, 0.29) is 10.6 Å². The number of allylic oxidation sites excluding steroid dienone is 2. The number of oxazole rings is 1. The third kappa shape index (κ3) is 6.72. The number of carbonyl (C=O) groups excluding carboxylic acids is 1. The average Bonchev–Trinajstić information content (AvgIpc) is 2.80. The molecule has 0 unspecified atom stereocenters. The first-order valence-electron chi connectivity index (χ1n) is 6.29. The quantitative estimate of drug-likeness (QED) is 0.469. The number of carbonyl (C=O) groups is 1. The van der Waals surface area contributed by atoms with Gasteiger partial charge >= 0.3 is 0 Å². The van der Waals surface area contributed by atoms with E-state index < -0.39 is 0 Å². The van der Waals surface area contributed by atoms with Crippen molar-refractivity contribution in [3.05, 3.63) is 41.1 Å². The van der Waals surface area contributed by atoms with Gasteiger partial charge in [-0.25, -0.2) is 0 Å². The smallest absolute Gasteiger partial charge is 0.266 e. The van der Waals surface area contributed by atoms with Gasteiger partial charge in [-0.15, -0.1) is 0 Å². The Bertz CT molecular complexity index is 492. The minimum absolute atomic E-state index is 0.0690. The van der Waals surface area contributed by atoms with Gasteiger partial charge in [-0.3, -0.25) is 4.79 Å². The summed E-state index contributed by atoms with van der Waals surface area (Å²) in [5.74, 6) is 0.445. The molecule has 0 amide bonds. The predicted octanol–water partition coefficient (Wildman–Crippen LogP) is 5.19. The highest BCUT2D eigenvalue weighted by molar-refractivity contribution is 7.71. The second-order valence-electron chi connectivity index (χ2n) is 2.86. The summed E-state index contributed by atoms with van der Waals surface area (Å²) in [6.45, 7) is 16.6. The van der Waals surface area contributed by atoms with Crippen LogP contribution < -0.4 is 0 Å². The van der Waals surface area contributed by atoms with Crippen LogP contribution in [0.2, 0.25) is 0 Å². The van der Waals surface area contributed by atoms with Crippen LogP contribution in [0.25, 0.3) is 12.2 Å². The average molecular weight is 281 g/mol. The maximum absolute atomic E-state index is 11.1. The van der Waals surface area contributed by atoms with Crippen LogP contribution in [-0.4, -0.2) is 10.8 Å². The minimum atomic E-state index is -0.0690. The molecule has 0 aromatic carbocycles. The highest BCUT2D eigenvalue weighted by Crippen LogP contribution is 2.14. The van der Waals surface area contributed by atoms with E-state index in [4.69, 9.17) is 16.6 Å². The Balaban J connectivity index is 0. The van der Waals surface area contributed by atoms with Crippen molar-refractivity contribution in [3.63, 3.8) is 0 Å². The van der Waals surface area contributed by atoms with Gasteiger partial charge in [0.25, 0.3) is 4.84 Å². The van der Waals surface area contributed by atoms with Crippen molar-refractivity contribution in [3.8, 4) is 0 Å². The molecule has 0 bridgehead atoms. The van der Waals surface area contributed by atoms with Crippen molar-refractivity contribution in [1.29, 1.82) is 0 Å². The standard InChI is InChI=1S/C11H11NO2S.2C2H6/c1-4-8(7(3)13)6-9-10(5-2)14-11(15)12-9;2*1-2/h4-6H,1-2H2,3H3,(H,12,15);2*1-2H3/b8-6+;;. The number of nitrogens with one attached hydrogen (secondary N) is 1. The Hall–Kier alpha value is -1.68. The van der Waals surface area contributed by atoms with Crippen molar-refractivity contribution in [2.45, 2.75) is 34.6 Å². The van der Waals surface area contributed by atoms with Gasteiger partial charge in [0, 0.05) is 5.57 Å². The fraction of sp³-hybridized carbons (Fsp3) is 0.333. The van der Waals surface area contributed by atoms with E-state index >= 15 is 0 Å². The lowest BCUT2D eigenvalue weighted by Crippen LogP contribution is -1.92. The monoisotopic (exact) mass is 281 g/mol. The fourth-order valence-corrected chi connectivity index (χ4v) is 1.27. The number of aromatic nitrogens is 1. The molecule has 1 heterocycles. The second kappa shape index (κ2) is 11.4. The van der Waals surface area contributed by atoms with Crippen LogP contribution in [-0.2, 0) is 4.79 Å². The SMILES string of the molecule is C=C/C(=C\c1[nH]c(=S)oc1C=C)C(C)=O.CC.CC. The van der Waals surface area contributed by atoms with E-state index in [9.17, 15) is 4.79 Å². The molecule has 0 fully saturated rings. The molecule has 0 atom stereocenters. The maximum atomic E-state index is 11.1. The van der Waals surface area contributed by atoms with Gasteiger partial charge in [0.15, 0.2) is 11.5 Å². The summed E-state index contributed by atoms with van der Waals surface area (Å²) in [5.41, 5.74) is 1.12. The molecule has 1 aromatic rings. The van der Waals surface area contributed by atoms with E-state index in [2.05, 4.69) is 18.1 Å². The zero-order chi connectivity index (χ0) is 15.4. The number of aromatic amines is 1. The van der Waals surface area contributed by atoms with Crippen LogP contribution in [0.3, 0.4) is 0 Å². The summed E-state index contributed by atoms with van der Waals surface area (Å²) in [4.78, 5) is 14.2. The van der Waals surface area contributed by atoms with E-state index in [0.29, 0.717) is 17.0 Å². The van der Waals surface area contributed by atoms with E-state index in [1.807, 2.05) is 27.7 Å². The molecule has 0 saturated carbocycles. The van der Waals surface area contributed by atoms with Crippen molar-refractivity contribution in [1.82, 2.24) is 4.98 Å². The molecule has 0 spiro atoms. The zero-order valence-corrected chi connectivity index (χ0v) is 13.2. The normalized spacial score (nSPS) is 9.42. The molecule has 0 radical (unpaired) electrons. The summed E-state index contributed by atoms with van der Waals surface area (Å²) in [6, 6.07) is 0. The zero-order valence-electron chi connectivity index (χ0n) is 12.4.